The van der Waals surface area contributed by atoms with E-state index in [4.69, 9.17) is 5.14 Å². The topological polar surface area (TPSA) is 115 Å². The van der Waals surface area contributed by atoms with Gasteiger partial charge in [0.1, 0.15) is 4.88 Å². The smallest absolute Gasteiger partial charge is 0.259 e. The van der Waals surface area contributed by atoms with E-state index < -0.39 is 10.0 Å². The van der Waals surface area contributed by atoms with E-state index in [0.29, 0.717) is 10.7 Å². The van der Waals surface area contributed by atoms with Crippen LogP contribution in [0.15, 0.2) is 17.4 Å². The average Bonchev–Trinajstić information content (AvgIpc) is 2.73. The first-order valence-corrected chi connectivity index (χ1v) is 5.76. The van der Waals surface area contributed by atoms with Crippen LogP contribution in [0, 0.1) is 0 Å². The maximum Gasteiger partial charge on any atom is 0.259 e. The Morgan fingerprint density at radius 3 is 2.86 bits per heavy atom. The molecule has 2 aromatic heterocycles. The number of sulfonamides is 1. The van der Waals surface area contributed by atoms with E-state index in [1.165, 1.54) is 6.20 Å². The van der Waals surface area contributed by atoms with Crippen LogP contribution in [-0.4, -0.2) is 28.0 Å². The first-order chi connectivity index (χ1) is 6.59. The molecule has 0 saturated heterocycles. The molecule has 0 aliphatic carbocycles. The molecule has 2 rings (SSSR count). The number of imidazole rings is 1. The summed E-state index contributed by atoms with van der Waals surface area (Å²) in [4.78, 5) is 6.96. The molecule has 3 N–H and O–H groups in total. The zero-order chi connectivity index (χ0) is 10.2. The Morgan fingerprint density at radius 2 is 2.29 bits per heavy atom. The molecule has 9 heteroatoms. The highest BCUT2D eigenvalue weighted by Gasteiger charge is 2.21. The van der Waals surface area contributed by atoms with Gasteiger partial charge in [0, 0.05) is 12.4 Å². The summed E-state index contributed by atoms with van der Waals surface area (Å²) in [5.41, 5.74) is 0. The molecule has 0 aliphatic heterocycles. The molecular formula is C5H5N5O2S2. The Kier molecular flexibility index (Phi) is 2.06. The number of hydrogen-bond donors (Lipinski definition) is 2. The van der Waals surface area contributed by atoms with Crippen molar-refractivity contribution in [3.8, 4) is 10.7 Å². The number of primary sulfonamides is 1. The van der Waals surface area contributed by atoms with E-state index >= 15 is 0 Å². The van der Waals surface area contributed by atoms with Crippen LogP contribution in [0.25, 0.3) is 10.7 Å². The van der Waals surface area contributed by atoms with Gasteiger partial charge in [-0.1, -0.05) is 4.49 Å². The van der Waals surface area contributed by atoms with Crippen molar-refractivity contribution in [2.45, 2.75) is 5.03 Å². The lowest BCUT2D eigenvalue weighted by Gasteiger charge is -1.93. The lowest BCUT2D eigenvalue weighted by molar-refractivity contribution is 0.594. The quantitative estimate of drug-likeness (QED) is 0.728. The van der Waals surface area contributed by atoms with E-state index in [2.05, 4.69) is 19.6 Å². The van der Waals surface area contributed by atoms with E-state index in [1.54, 1.807) is 6.20 Å². The first-order valence-electron chi connectivity index (χ1n) is 3.44. The highest BCUT2D eigenvalue weighted by Crippen LogP contribution is 2.24. The van der Waals surface area contributed by atoms with Crippen molar-refractivity contribution in [2.24, 2.45) is 5.14 Å². The fraction of sp³-hybridized carbons (Fsp3) is 0. The van der Waals surface area contributed by atoms with Gasteiger partial charge >= 0.3 is 0 Å². The molecule has 0 bridgehead atoms. The van der Waals surface area contributed by atoms with Crippen molar-refractivity contribution < 1.29 is 8.42 Å². The lowest BCUT2D eigenvalue weighted by atomic mass is 10.5. The molecule has 0 unspecified atom stereocenters. The van der Waals surface area contributed by atoms with Gasteiger partial charge in [0.25, 0.3) is 10.0 Å². The molecule has 0 aliphatic rings. The molecule has 0 atom stereocenters. The van der Waals surface area contributed by atoms with Gasteiger partial charge in [-0.15, -0.1) is 5.10 Å². The molecule has 2 aromatic rings. The average molecular weight is 231 g/mol. The van der Waals surface area contributed by atoms with Gasteiger partial charge < -0.3 is 4.98 Å². The van der Waals surface area contributed by atoms with Crippen LogP contribution in [0.2, 0.25) is 0 Å². The van der Waals surface area contributed by atoms with Crippen molar-refractivity contribution >= 4 is 21.6 Å². The summed E-state index contributed by atoms with van der Waals surface area (Å²) in [6, 6.07) is 0. The number of nitrogens with one attached hydrogen (secondary N) is 1. The normalized spacial score (nSPS) is 11.8. The highest BCUT2D eigenvalue weighted by atomic mass is 32.2. The number of nitrogens with zero attached hydrogens (tertiary/aromatic N) is 3. The molecule has 0 aromatic carbocycles. The van der Waals surface area contributed by atoms with Crippen LogP contribution in [-0.2, 0) is 10.0 Å². The number of aromatic nitrogens is 4. The van der Waals surface area contributed by atoms with Crippen molar-refractivity contribution in [2.75, 3.05) is 0 Å². The van der Waals surface area contributed by atoms with Gasteiger partial charge in [-0.25, -0.2) is 18.5 Å². The van der Waals surface area contributed by atoms with Crippen LogP contribution >= 0.6 is 11.5 Å². The fourth-order valence-electron chi connectivity index (χ4n) is 0.903. The summed E-state index contributed by atoms with van der Waals surface area (Å²) in [6.07, 6.45) is 3.07. The predicted octanol–water partition coefficient (Wildman–Crippen LogP) is -0.424. The zero-order valence-corrected chi connectivity index (χ0v) is 8.34. The zero-order valence-electron chi connectivity index (χ0n) is 6.71. The summed E-state index contributed by atoms with van der Waals surface area (Å²) in [6.45, 7) is 0. The summed E-state index contributed by atoms with van der Waals surface area (Å²) in [7, 11) is -3.84. The van der Waals surface area contributed by atoms with Gasteiger partial charge in [0.15, 0.2) is 5.82 Å². The van der Waals surface area contributed by atoms with E-state index in [0.717, 1.165) is 11.5 Å². The Bertz CT molecular complexity index is 528. The predicted molar refractivity (Wildman–Crippen MR) is 48.9 cm³/mol. The Labute approximate surface area is 83.2 Å². The minimum Gasteiger partial charge on any atom is -0.344 e. The van der Waals surface area contributed by atoms with Crippen molar-refractivity contribution in [1.82, 2.24) is 19.6 Å². The summed E-state index contributed by atoms with van der Waals surface area (Å²) < 4.78 is 25.6. The third-order valence-corrected chi connectivity index (χ3v) is 3.13. The molecule has 0 amide bonds. The van der Waals surface area contributed by atoms with Crippen LogP contribution in [0.5, 0.6) is 0 Å². The number of hydrogen-bond acceptors (Lipinski definition) is 6. The van der Waals surface area contributed by atoms with Gasteiger partial charge in [-0.3, -0.25) is 0 Å². The Balaban J connectivity index is 2.62. The van der Waals surface area contributed by atoms with E-state index in [1.807, 2.05) is 0 Å². The monoisotopic (exact) mass is 231 g/mol. The molecule has 0 saturated carbocycles. The molecule has 74 valence electrons. The lowest BCUT2D eigenvalue weighted by Crippen LogP contribution is -2.13. The van der Waals surface area contributed by atoms with Crippen molar-refractivity contribution in [3.05, 3.63) is 12.4 Å². The summed E-state index contributed by atoms with van der Waals surface area (Å²) >= 11 is 0.920. The van der Waals surface area contributed by atoms with Gasteiger partial charge in [-0.2, -0.15) is 0 Å². The second kappa shape index (κ2) is 3.12. The third-order valence-electron chi connectivity index (χ3n) is 1.44. The van der Waals surface area contributed by atoms with Gasteiger partial charge in [-0.05, 0) is 11.5 Å². The standard InChI is InChI=1S/C5H5N5O2S2/c6-14(11,12)5-3(13-10-9-5)4-7-1-2-8-4/h1-2H,(H,7,8)(H2,6,11,12). The maximum atomic E-state index is 11.1. The van der Waals surface area contributed by atoms with E-state index in [9.17, 15) is 8.42 Å². The third kappa shape index (κ3) is 1.52. The fourth-order valence-corrected chi connectivity index (χ4v) is 2.45. The number of H-pyrrole nitrogens is 1. The second-order valence-electron chi connectivity index (χ2n) is 2.39. The Hall–Kier alpha value is -1.32. The minimum absolute atomic E-state index is 0.252. The van der Waals surface area contributed by atoms with E-state index in [-0.39, 0.29) is 5.03 Å². The summed E-state index contributed by atoms with van der Waals surface area (Å²) in [5, 5.41) is 8.13. The minimum atomic E-state index is -3.84. The Morgan fingerprint density at radius 1 is 1.50 bits per heavy atom. The molecular weight excluding hydrogens is 226 g/mol. The molecule has 2 heterocycles. The largest absolute Gasteiger partial charge is 0.344 e. The number of aromatic amines is 1. The first kappa shape index (κ1) is 9.24. The van der Waals surface area contributed by atoms with Crippen LogP contribution in [0.1, 0.15) is 0 Å². The van der Waals surface area contributed by atoms with Crippen LogP contribution in [0.3, 0.4) is 0 Å². The van der Waals surface area contributed by atoms with Crippen molar-refractivity contribution in [1.29, 1.82) is 0 Å². The summed E-state index contributed by atoms with van der Waals surface area (Å²) in [5.74, 6) is 0.393. The SMILES string of the molecule is NS(=O)(=O)c1nnsc1-c1ncc[nH]1. The van der Waals surface area contributed by atoms with Gasteiger partial charge in [0.2, 0.25) is 5.03 Å². The highest BCUT2D eigenvalue weighted by molar-refractivity contribution is 7.89. The van der Waals surface area contributed by atoms with Crippen LogP contribution < -0.4 is 5.14 Å². The molecule has 0 radical (unpaired) electrons. The molecule has 14 heavy (non-hydrogen) atoms. The number of rotatable bonds is 2. The molecule has 0 fully saturated rings. The second-order valence-corrected chi connectivity index (χ2v) is 4.62. The van der Waals surface area contributed by atoms with Gasteiger partial charge in [0.05, 0.1) is 0 Å². The van der Waals surface area contributed by atoms with Crippen molar-refractivity contribution in [3.63, 3.8) is 0 Å². The molecule has 0 spiro atoms. The van der Waals surface area contributed by atoms with Crippen LogP contribution in [0.4, 0.5) is 0 Å². The molecule has 7 nitrogen and oxygen atoms in total. The number of nitrogens with two attached hydrogens (primary N) is 1. The maximum absolute atomic E-state index is 11.1.